The molecule has 25 heavy (non-hydrogen) atoms. The molecule has 0 atom stereocenters. The van der Waals surface area contributed by atoms with E-state index in [1.807, 2.05) is 6.07 Å². The maximum atomic E-state index is 11.0. The highest BCUT2D eigenvalue weighted by atomic mass is 16.5. The highest BCUT2D eigenvalue weighted by Crippen LogP contribution is 2.26. The molecule has 1 aliphatic rings. The van der Waals surface area contributed by atoms with Gasteiger partial charge in [0.2, 0.25) is 0 Å². The van der Waals surface area contributed by atoms with Crippen LogP contribution in [0, 0.1) is 0 Å². The van der Waals surface area contributed by atoms with Gasteiger partial charge in [-0.25, -0.2) is 4.79 Å². The molecule has 0 spiro atoms. The second-order valence-electron chi connectivity index (χ2n) is 6.49. The summed E-state index contributed by atoms with van der Waals surface area (Å²) >= 11 is 0. The quantitative estimate of drug-likeness (QED) is 0.868. The predicted octanol–water partition coefficient (Wildman–Crippen LogP) is 4.58. The molecule has 1 fully saturated rings. The van der Waals surface area contributed by atoms with Crippen LogP contribution in [-0.2, 0) is 17.8 Å². The molecule has 2 aromatic rings. The Kier molecular flexibility index (Phi) is 5.71. The lowest BCUT2D eigenvalue weighted by Gasteiger charge is -2.30. The summed E-state index contributed by atoms with van der Waals surface area (Å²) in [5.41, 5.74) is 4.92. The molecule has 1 N–H and O–H groups in total. The van der Waals surface area contributed by atoms with Gasteiger partial charge >= 0.3 is 6.09 Å². The Morgan fingerprint density at radius 2 is 1.80 bits per heavy atom. The fourth-order valence-corrected chi connectivity index (χ4v) is 3.27. The monoisotopic (exact) mass is 339 g/mol. The second-order valence-corrected chi connectivity index (χ2v) is 6.49. The number of hydrogen-bond acceptors (Lipinski definition) is 2. The number of likely N-dealkylation sites (tertiary alicyclic amines) is 1. The first-order valence-electron chi connectivity index (χ1n) is 8.94. The molecule has 132 valence electrons. The summed E-state index contributed by atoms with van der Waals surface area (Å²) in [5, 5.41) is 9.02. The highest BCUT2D eigenvalue weighted by Gasteiger charge is 2.22. The lowest BCUT2D eigenvalue weighted by atomic mass is 9.98. The molecular weight excluding hydrogens is 314 g/mol. The number of rotatable bonds is 5. The van der Waals surface area contributed by atoms with Crippen molar-refractivity contribution in [2.45, 2.75) is 38.9 Å². The van der Waals surface area contributed by atoms with Gasteiger partial charge in [-0.05, 0) is 41.5 Å². The van der Waals surface area contributed by atoms with Crippen LogP contribution in [0.25, 0.3) is 11.1 Å². The van der Waals surface area contributed by atoms with E-state index in [0.29, 0.717) is 19.7 Å². The van der Waals surface area contributed by atoms with E-state index in [4.69, 9.17) is 9.84 Å². The fourth-order valence-electron chi connectivity index (χ4n) is 3.27. The van der Waals surface area contributed by atoms with Crippen LogP contribution in [0.3, 0.4) is 0 Å². The Hall–Kier alpha value is -2.33. The van der Waals surface area contributed by atoms with E-state index in [0.717, 1.165) is 19.3 Å². The van der Waals surface area contributed by atoms with Crippen LogP contribution in [0.15, 0.2) is 48.5 Å². The van der Waals surface area contributed by atoms with E-state index < -0.39 is 6.09 Å². The largest absolute Gasteiger partial charge is 0.465 e. The third kappa shape index (κ3) is 4.40. The van der Waals surface area contributed by atoms with Crippen LogP contribution in [0.1, 0.15) is 30.9 Å². The Morgan fingerprint density at radius 3 is 2.44 bits per heavy atom. The molecule has 1 heterocycles. The summed E-state index contributed by atoms with van der Waals surface area (Å²) in [7, 11) is 0. The fraction of sp³-hybridized carbons (Fsp3) is 0.381. The van der Waals surface area contributed by atoms with Gasteiger partial charge in [0.15, 0.2) is 0 Å². The summed E-state index contributed by atoms with van der Waals surface area (Å²) < 4.78 is 6.08. The van der Waals surface area contributed by atoms with Gasteiger partial charge in [-0.15, -0.1) is 0 Å². The topological polar surface area (TPSA) is 49.8 Å². The number of hydrogen-bond donors (Lipinski definition) is 1. The van der Waals surface area contributed by atoms with Gasteiger partial charge in [0.1, 0.15) is 0 Å². The lowest BCUT2D eigenvalue weighted by Crippen LogP contribution is -2.40. The SMILES string of the molecule is CCc1ccc(-c2ccccc2COC2CCN(C(=O)O)CC2)cc1. The van der Waals surface area contributed by atoms with Crippen molar-refractivity contribution in [2.24, 2.45) is 0 Å². The normalized spacial score (nSPS) is 15.3. The predicted molar refractivity (Wildman–Crippen MR) is 98.7 cm³/mol. The van der Waals surface area contributed by atoms with Crippen molar-refractivity contribution in [3.63, 3.8) is 0 Å². The van der Waals surface area contributed by atoms with E-state index in [9.17, 15) is 4.79 Å². The van der Waals surface area contributed by atoms with Crippen molar-refractivity contribution in [3.05, 3.63) is 59.7 Å². The molecule has 3 rings (SSSR count). The van der Waals surface area contributed by atoms with Crippen molar-refractivity contribution < 1.29 is 14.6 Å². The standard InChI is InChI=1S/C21H25NO3/c1-2-16-7-9-17(10-8-16)20-6-4-3-5-18(20)15-25-19-11-13-22(14-12-19)21(23)24/h3-10,19H,2,11-15H2,1H3,(H,23,24). The summed E-state index contributed by atoms with van der Waals surface area (Å²) in [4.78, 5) is 12.4. The first kappa shape index (κ1) is 17.5. The maximum absolute atomic E-state index is 11.0. The van der Waals surface area contributed by atoms with Crippen LogP contribution < -0.4 is 0 Å². The summed E-state index contributed by atoms with van der Waals surface area (Å²) in [5.74, 6) is 0. The molecule has 4 heteroatoms. The average molecular weight is 339 g/mol. The van der Waals surface area contributed by atoms with Gasteiger partial charge in [0.25, 0.3) is 0 Å². The van der Waals surface area contributed by atoms with Gasteiger partial charge in [-0.3, -0.25) is 0 Å². The van der Waals surface area contributed by atoms with Gasteiger partial charge in [0, 0.05) is 13.1 Å². The minimum absolute atomic E-state index is 0.131. The Bertz CT molecular complexity index is 703. The number of piperidine rings is 1. The Morgan fingerprint density at radius 1 is 1.12 bits per heavy atom. The maximum Gasteiger partial charge on any atom is 0.407 e. The van der Waals surface area contributed by atoms with Crippen LogP contribution >= 0.6 is 0 Å². The second kappa shape index (κ2) is 8.17. The molecule has 1 amide bonds. The van der Waals surface area contributed by atoms with Crippen LogP contribution in [0.5, 0.6) is 0 Å². The Balaban J connectivity index is 1.64. The number of ether oxygens (including phenoxy) is 1. The first-order valence-corrected chi connectivity index (χ1v) is 8.94. The molecule has 2 aromatic carbocycles. The molecule has 0 aliphatic carbocycles. The van der Waals surface area contributed by atoms with Gasteiger partial charge < -0.3 is 14.7 Å². The smallest absolute Gasteiger partial charge is 0.407 e. The number of nitrogens with zero attached hydrogens (tertiary/aromatic N) is 1. The van der Waals surface area contributed by atoms with Gasteiger partial charge in [0.05, 0.1) is 12.7 Å². The number of benzene rings is 2. The molecule has 0 saturated carbocycles. The van der Waals surface area contributed by atoms with E-state index in [1.165, 1.54) is 27.2 Å². The molecule has 0 aromatic heterocycles. The molecule has 1 saturated heterocycles. The number of carbonyl (C=O) groups is 1. The Labute approximate surface area is 149 Å². The van der Waals surface area contributed by atoms with Crippen molar-refractivity contribution in [1.82, 2.24) is 4.90 Å². The van der Waals surface area contributed by atoms with Crippen LogP contribution in [0.2, 0.25) is 0 Å². The van der Waals surface area contributed by atoms with Crippen molar-refractivity contribution in [3.8, 4) is 11.1 Å². The van der Waals surface area contributed by atoms with E-state index in [2.05, 4.69) is 49.4 Å². The van der Waals surface area contributed by atoms with Crippen molar-refractivity contribution >= 4 is 6.09 Å². The third-order valence-electron chi connectivity index (χ3n) is 4.88. The van der Waals surface area contributed by atoms with E-state index in [-0.39, 0.29) is 6.10 Å². The molecule has 0 radical (unpaired) electrons. The minimum Gasteiger partial charge on any atom is -0.465 e. The zero-order chi connectivity index (χ0) is 17.6. The molecule has 4 nitrogen and oxygen atoms in total. The molecule has 1 aliphatic heterocycles. The van der Waals surface area contributed by atoms with E-state index in [1.54, 1.807) is 0 Å². The lowest BCUT2D eigenvalue weighted by molar-refractivity contribution is 0.000543. The van der Waals surface area contributed by atoms with Crippen molar-refractivity contribution in [1.29, 1.82) is 0 Å². The molecule has 0 unspecified atom stereocenters. The zero-order valence-corrected chi connectivity index (χ0v) is 14.6. The van der Waals surface area contributed by atoms with Gasteiger partial charge in [-0.2, -0.15) is 0 Å². The summed E-state index contributed by atoms with van der Waals surface area (Å²) in [6, 6.07) is 17.0. The summed E-state index contributed by atoms with van der Waals surface area (Å²) in [6.45, 7) is 3.83. The molecular formula is C21H25NO3. The van der Waals surface area contributed by atoms with Crippen LogP contribution in [-0.4, -0.2) is 35.3 Å². The zero-order valence-electron chi connectivity index (χ0n) is 14.6. The average Bonchev–Trinajstić information content (AvgIpc) is 2.67. The first-order chi connectivity index (χ1) is 12.2. The van der Waals surface area contributed by atoms with Crippen LogP contribution in [0.4, 0.5) is 4.79 Å². The molecule has 0 bridgehead atoms. The summed E-state index contributed by atoms with van der Waals surface area (Å²) in [6.07, 6.45) is 1.87. The number of carboxylic acid groups (broad SMARTS) is 1. The van der Waals surface area contributed by atoms with E-state index >= 15 is 0 Å². The van der Waals surface area contributed by atoms with Gasteiger partial charge in [-0.1, -0.05) is 55.5 Å². The highest BCUT2D eigenvalue weighted by molar-refractivity contribution is 5.67. The van der Waals surface area contributed by atoms with Crippen molar-refractivity contribution in [2.75, 3.05) is 13.1 Å². The number of amides is 1. The third-order valence-corrected chi connectivity index (χ3v) is 4.88. The number of aryl methyl sites for hydroxylation is 1. The minimum atomic E-state index is -0.834.